The molecule has 3 nitrogen and oxygen atoms in total. The molecule has 2 unspecified atom stereocenters. The standard InChI is InChI=1S/C8H16N2O/c1-6-3-7(6)4-10(2)5-8(9)11/h6-7H,3-5H2,1-2H3,(H2,9,11). The molecule has 2 N–H and O–H groups in total. The lowest BCUT2D eigenvalue weighted by Crippen LogP contribution is -2.32. The first kappa shape index (κ1) is 8.53. The molecule has 1 rings (SSSR count). The van der Waals surface area contributed by atoms with Crippen LogP contribution in [0.5, 0.6) is 0 Å². The highest BCUT2D eigenvalue weighted by Crippen LogP contribution is 2.37. The van der Waals surface area contributed by atoms with Gasteiger partial charge in [-0.2, -0.15) is 0 Å². The van der Waals surface area contributed by atoms with Gasteiger partial charge in [-0.3, -0.25) is 9.69 Å². The van der Waals surface area contributed by atoms with Crippen molar-refractivity contribution in [3.63, 3.8) is 0 Å². The zero-order chi connectivity index (χ0) is 8.43. The number of primary amides is 1. The Morgan fingerprint density at radius 2 is 2.27 bits per heavy atom. The van der Waals surface area contributed by atoms with E-state index in [2.05, 4.69) is 6.92 Å². The predicted octanol–water partition coefficient (Wildman–Crippen LogP) is 0.0595. The summed E-state index contributed by atoms with van der Waals surface area (Å²) in [6.45, 7) is 3.65. The van der Waals surface area contributed by atoms with E-state index in [4.69, 9.17) is 5.73 Å². The van der Waals surface area contributed by atoms with Gasteiger partial charge in [-0.25, -0.2) is 0 Å². The Morgan fingerprint density at radius 3 is 2.64 bits per heavy atom. The van der Waals surface area contributed by atoms with Gasteiger partial charge in [0.1, 0.15) is 0 Å². The van der Waals surface area contributed by atoms with Gasteiger partial charge in [-0.05, 0) is 25.3 Å². The molecule has 0 heterocycles. The van der Waals surface area contributed by atoms with Gasteiger partial charge in [0.2, 0.25) is 5.91 Å². The molecule has 0 aromatic rings. The number of nitrogens with two attached hydrogens (primary N) is 1. The van der Waals surface area contributed by atoms with Crippen LogP contribution in [0.4, 0.5) is 0 Å². The molecule has 1 aliphatic rings. The SMILES string of the molecule is CC1CC1CN(C)CC(N)=O. The van der Waals surface area contributed by atoms with Crippen molar-refractivity contribution in [2.45, 2.75) is 13.3 Å². The lowest BCUT2D eigenvalue weighted by molar-refractivity contribution is -0.118. The Balaban J connectivity index is 2.11. The van der Waals surface area contributed by atoms with Gasteiger partial charge in [0.05, 0.1) is 6.54 Å². The lowest BCUT2D eigenvalue weighted by atomic mass is 10.3. The number of likely N-dealkylation sites (N-methyl/N-ethyl adjacent to an activating group) is 1. The molecule has 11 heavy (non-hydrogen) atoms. The Kier molecular flexibility index (Phi) is 2.49. The molecule has 1 aliphatic carbocycles. The molecule has 0 saturated heterocycles. The molecule has 1 amide bonds. The molecule has 2 atom stereocenters. The monoisotopic (exact) mass is 156 g/mol. The van der Waals surface area contributed by atoms with Crippen molar-refractivity contribution in [1.82, 2.24) is 4.90 Å². The quantitative estimate of drug-likeness (QED) is 0.625. The van der Waals surface area contributed by atoms with Gasteiger partial charge in [0, 0.05) is 6.54 Å². The average molecular weight is 156 g/mol. The van der Waals surface area contributed by atoms with Gasteiger partial charge < -0.3 is 5.73 Å². The second kappa shape index (κ2) is 3.22. The summed E-state index contributed by atoms with van der Waals surface area (Å²) >= 11 is 0. The minimum absolute atomic E-state index is 0.235. The summed E-state index contributed by atoms with van der Waals surface area (Å²) in [6.07, 6.45) is 1.31. The van der Waals surface area contributed by atoms with Crippen LogP contribution in [0.1, 0.15) is 13.3 Å². The fraction of sp³-hybridized carbons (Fsp3) is 0.875. The molecule has 0 bridgehead atoms. The number of hydrogen-bond donors (Lipinski definition) is 1. The van der Waals surface area contributed by atoms with Crippen molar-refractivity contribution in [3.8, 4) is 0 Å². The fourth-order valence-electron chi connectivity index (χ4n) is 1.38. The summed E-state index contributed by atoms with van der Waals surface area (Å²) in [6, 6.07) is 0. The summed E-state index contributed by atoms with van der Waals surface area (Å²) in [4.78, 5) is 12.5. The zero-order valence-electron chi connectivity index (χ0n) is 7.21. The van der Waals surface area contributed by atoms with E-state index in [1.54, 1.807) is 0 Å². The van der Waals surface area contributed by atoms with Gasteiger partial charge in [-0.1, -0.05) is 6.92 Å². The van der Waals surface area contributed by atoms with E-state index in [-0.39, 0.29) is 5.91 Å². The van der Waals surface area contributed by atoms with E-state index in [0.29, 0.717) is 6.54 Å². The lowest BCUT2D eigenvalue weighted by Gasteiger charge is -2.13. The molecule has 1 fully saturated rings. The van der Waals surface area contributed by atoms with Crippen LogP contribution in [0, 0.1) is 11.8 Å². The molecule has 1 saturated carbocycles. The van der Waals surface area contributed by atoms with Gasteiger partial charge in [-0.15, -0.1) is 0 Å². The number of hydrogen-bond acceptors (Lipinski definition) is 2. The van der Waals surface area contributed by atoms with E-state index in [1.165, 1.54) is 6.42 Å². The van der Waals surface area contributed by atoms with Crippen LogP contribution in [0.25, 0.3) is 0 Å². The minimum atomic E-state index is -0.235. The molecular weight excluding hydrogens is 140 g/mol. The third kappa shape index (κ3) is 2.89. The number of carbonyl (C=O) groups excluding carboxylic acids is 1. The number of carbonyl (C=O) groups is 1. The first-order valence-corrected chi connectivity index (χ1v) is 4.06. The fourth-order valence-corrected chi connectivity index (χ4v) is 1.38. The molecule has 0 aromatic carbocycles. The summed E-state index contributed by atoms with van der Waals surface area (Å²) in [5, 5.41) is 0. The smallest absolute Gasteiger partial charge is 0.231 e. The highest BCUT2D eigenvalue weighted by molar-refractivity contribution is 5.75. The van der Waals surface area contributed by atoms with Gasteiger partial charge in [0.25, 0.3) is 0 Å². The second-order valence-electron chi connectivity index (χ2n) is 3.64. The Bertz CT molecular complexity index is 158. The third-order valence-corrected chi connectivity index (χ3v) is 2.25. The molecule has 0 aliphatic heterocycles. The predicted molar refractivity (Wildman–Crippen MR) is 44.0 cm³/mol. The number of nitrogens with zero attached hydrogens (tertiary/aromatic N) is 1. The van der Waals surface area contributed by atoms with Crippen molar-refractivity contribution in [2.75, 3.05) is 20.1 Å². The summed E-state index contributed by atoms with van der Waals surface area (Å²) in [7, 11) is 1.94. The topological polar surface area (TPSA) is 46.3 Å². The van der Waals surface area contributed by atoms with Crippen LogP contribution in [-0.2, 0) is 4.79 Å². The third-order valence-electron chi connectivity index (χ3n) is 2.25. The first-order chi connectivity index (χ1) is 5.09. The maximum absolute atomic E-state index is 10.5. The molecule has 0 aromatic heterocycles. The van der Waals surface area contributed by atoms with E-state index in [0.717, 1.165) is 18.4 Å². The second-order valence-corrected chi connectivity index (χ2v) is 3.64. The first-order valence-electron chi connectivity index (χ1n) is 4.06. The van der Waals surface area contributed by atoms with Crippen LogP contribution < -0.4 is 5.73 Å². The van der Waals surface area contributed by atoms with Crippen LogP contribution in [-0.4, -0.2) is 30.9 Å². The molecule has 3 heteroatoms. The highest BCUT2D eigenvalue weighted by atomic mass is 16.1. The normalized spacial score (nSPS) is 29.0. The van der Waals surface area contributed by atoms with Crippen molar-refractivity contribution in [3.05, 3.63) is 0 Å². The van der Waals surface area contributed by atoms with E-state index in [9.17, 15) is 4.79 Å². The van der Waals surface area contributed by atoms with Crippen molar-refractivity contribution < 1.29 is 4.79 Å². The van der Waals surface area contributed by atoms with E-state index < -0.39 is 0 Å². The minimum Gasteiger partial charge on any atom is -0.369 e. The maximum Gasteiger partial charge on any atom is 0.231 e. The van der Waals surface area contributed by atoms with Crippen LogP contribution in [0.3, 0.4) is 0 Å². The zero-order valence-corrected chi connectivity index (χ0v) is 7.21. The van der Waals surface area contributed by atoms with Crippen LogP contribution in [0.2, 0.25) is 0 Å². The number of amides is 1. The number of rotatable bonds is 4. The molecule has 0 radical (unpaired) electrons. The molecule has 64 valence electrons. The Labute approximate surface area is 67.5 Å². The summed E-state index contributed by atoms with van der Waals surface area (Å²) < 4.78 is 0. The van der Waals surface area contributed by atoms with Crippen LogP contribution in [0.15, 0.2) is 0 Å². The van der Waals surface area contributed by atoms with Gasteiger partial charge in [0.15, 0.2) is 0 Å². The van der Waals surface area contributed by atoms with Crippen molar-refractivity contribution >= 4 is 5.91 Å². The van der Waals surface area contributed by atoms with Crippen molar-refractivity contribution in [2.24, 2.45) is 17.6 Å². The molecular formula is C8H16N2O. The molecule has 0 spiro atoms. The summed E-state index contributed by atoms with van der Waals surface area (Å²) in [5.74, 6) is 1.42. The van der Waals surface area contributed by atoms with Crippen molar-refractivity contribution in [1.29, 1.82) is 0 Å². The maximum atomic E-state index is 10.5. The van der Waals surface area contributed by atoms with Crippen LogP contribution >= 0.6 is 0 Å². The van der Waals surface area contributed by atoms with E-state index >= 15 is 0 Å². The largest absolute Gasteiger partial charge is 0.369 e. The average Bonchev–Trinajstić information content (AvgIpc) is 2.43. The van der Waals surface area contributed by atoms with Gasteiger partial charge >= 0.3 is 0 Å². The van der Waals surface area contributed by atoms with E-state index in [1.807, 2.05) is 11.9 Å². The Hall–Kier alpha value is -0.570. The summed E-state index contributed by atoms with van der Waals surface area (Å²) in [5.41, 5.74) is 5.04. The highest BCUT2D eigenvalue weighted by Gasteiger charge is 2.33. The Morgan fingerprint density at radius 1 is 1.73 bits per heavy atom.